The minimum Gasteiger partial charge on any atom is -0.495 e. The number of hydrogen-bond donors (Lipinski definition) is 1. The maximum absolute atomic E-state index is 13.1. The fourth-order valence-electron chi connectivity index (χ4n) is 1.63. The molecule has 1 N–H and O–H groups in total. The number of halogens is 3. The van der Waals surface area contributed by atoms with Gasteiger partial charge in [-0.15, -0.1) is 0 Å². The Hall–Kier alpha value is -1.86. The maximum Gasteiger partial charge on any atom is 0.265 e. The van der Waals surface area contributed by atoms with Gasteiger partial charge < -0.3 is 4.74 Å². The van der Waals surface area contributed by atoms with Crippen LogP contribution in [-0.4, -0.2) is 15.5 Å². The van der Waals surface area contributed by atoms with Gasteiger partial charge in [-0.3, -0.25) is 4.72 Å². The number of anilines is 1. The van der Waals surface area contributed by atoms with E-state index in [2.05, 4.69) is 4.72 Å². The number of benzene rings is 2. The molecule has 0 aromatic heterocycles. The van der Waals surface area contributed by atoms with Crippen molar-refractivity contribution in [1.29, 1.82) is 0 Å². The summed E-state index contributed by atoms with van der Waals surface area (Å²) in [5.41, 5.74) is -0.115. The van der Waals surface area contributed by atoms with Gasteiger partial charge in [0.15, 0.2) is 11.6 Å². The first-order valence-electron chi connectivity index (χ1n) is 5.65. The van der Waals surface area contributed by atoms with Crippen molar-refractivity contribution in [2.45, 2.75) is 4.90 Å². The summed E-state index contributed by atoms with van der Waals surface area (Å²) < 4.78 is 57.6. The number of ether oxygens (including phenoxy) is 1. The van der Waals surface area contributed by atoms with Gasteiger partial charge in [-0.1, -0.05) is 11.6 Å². The molecule has 0 saturated heterocycles. The summed E-state index contributed by atoms with van der Waals surface area (Å²) >= 11 is 5.77. The van der Waals surface area contributed by atoms with Gasteiger partial charge in [0.25, 0.3) is 10.0 Å². The Labute approximate surface area is 125 Å². The third kappa shape index (κ3) is 3.43. The van der Waals surface area contributed by atoms with Gasteiger partial charge in [0.2, 0.25) is 0 Å². The maximum atomic E-state index is 13.1. The summed E-state index contributed by atoms with van der Waals surface area (Å²) in [7, 11) is -2.75. The Kier molecular flexibility index (Phi) is 4.34. The third-order valence-electron chi connectivity index (χ3n) is 2.59. The SMILES string of the molecule is COc1ccc(Cl)cc1S(=O)(=O)Nc1ccc(F)c(F)c1. The average molecular weight is 334 g/mol. The van der Waals surface area contributed by atoms with Crippen LogP contribution < -0.4 is 9.46 Å². The standard InChI is InChI=1S/C13H10ClF2NO3S/c1-20-12-5-2-8(14)6-13(12)21(18,19)17-9-3-4-10(15)11(16)7-9/h2-7,17H,1H3. The highest BCUT2D eigenvalue weighted by Crippen LogP contribution is 2.28. The number of hydrogen-bond acceptors (Lipinski definition) is 3. The molecule has 0 radical (unpaired) electrons. The van der Waals surface area contributed by atoms with E-state index in [1.807, 2.05) is 0 Å². The van der Waals surface area contributed by atoms with Gasteiger partial charge in [0.1, 0.15) is 10.6 Å². The topological polar surface area (TPSA) is 55.4 Å². The molecule has 2 rings (SSSR count). The Bertz CT molecular complexity index is 781. The van der Waals surface area contributed by atoms with Crippen molar-refractivity contribution in [3.8, 4) is 5.75 Å². The van der Waals surface area contributed by atoms with Crippen molar-refractivity contribution in [3.05, 3.63) is 53.1 Å². The number of rotatable bonds is 4. The second-order valence-corrected chi connectivity index (χ2v) is 6.12. The number of methoxy groups -OCH3 is 1. The van der Waals surface area contributed by atoms with Crippen LogP contribution in [-0.2, 0) is 10.0 Å². The van der Waals surface area contributed by atoms with Crippen LogP contribution >= 0.6 is 11.6 Å². The molecule has 0 saturated carbocycles. The molecule has 4 nitrogen and oxygen atoms in total. The molecular formula is C13H10ClF2NO3S. The molecule has 21 heavy (non-hydrogen) atoms. The van der Waals surface area contributed by atoms with Crippen LogP contribution in [0.5, 0.6) is 5.75 Å². The smallest absolute Gasteiger partial charge is 0.265 e. The van der Waals surface area contributed by atoms with Crippen molar-refractivity contribution < 1.29 is 21.9 Å². The van der Waals surface area contributed by atoms with Crippen molar-refractivity contribution >= 4 is 27.3 Å². The van der Waals surface area contributed by atoms with Crippen molar-refractivity contribution in [2.24, 2.45) is 0 Å². The Morgan fingerprint density at radius 1 is 1.10 bits per heavy atom. The first kappa shape index (κ1) is 15.5. The fourth-order valence-corrected chi connectivity index (χ4v) is 3.11. The molecule has 0 aliphatic heterocycles. The molecule has 2 aromatic rings. The Balaban J connectivity index is 2.42. The van der Waals surface area contributed by atoms with Crippen LogP contribution in [0.2, 0.25) is 5.02 Å². The normalized spacial score (nSPS) is 11.2. The van der Waals surface area contributed by atoms with Crippen LogP contribution in [0, 0.1) is 11.6 Å². The molecule has 0 amide bonds. The van der Waals surface area contributed by atoms with E-state index in [-0.39, 0.29) is 21.4 Å². The molecular weight excluding hydrogens is 324 g/mol. The Morgan fingerprint density at radius 3 is 2.43 bits per heavy atom. The van der Waals surface area contributed by atoms with Crippen LogP contribution in [0.1, 0.15) is 0 Å². The van der Waals surface area contributed by atoms with Gasteiger partial charge in [0, 0.05) is 11.1 Å². The highest BCUT2D eigenvalue weighted by atomic mass is 35.5. The summed E-state index contributed by atoms with van der Waals surface area (Å²) in [6.07, 6.45) is 0. The number of nitrogens with one attached hydrogen (secondary N) is 1. The van der Waals surface area contributed by atoms with Crippen molar-refractivity contribution in [3.63, 3.8) is 0 Å². The van der Waals surface area contributed by atoms with Gasteiger partial charge >= 0.3 is 0 Å². The second-order valence-electron chi connectivity index (χ2n) is 4.03. The van der Waals surface area contributed by atoms with E-state index in [9.17, 15) is 17.2 Å². The lowest BCUT2D eigenvalue weighted by Gasteiger charge is -2.12. The summed E-state index contributed by atoms with van der Waals surface area (Å²) in [4.78, 5) is -0.206. The molecule has 8 heteroatoms. The van der Waals surface area contributed by atoms with Crippen LogP contribution in [0.4, 0.5) is 14.5 Å². The monoisotopic (exact) mass is 333 g/mol. The minimum absolute atomic E-state index is 0.0782. The van der Waals surface area contributed by atoms with E-state index in [1.165, 1.54) is 25.3 Å². The zero-order valence-corrected chi connectivity index (χ0v) is 12.3. The molecule has 0 spiro atoms. The third-order valence-corrected chi connectivity index (χ3v) is 4.22. The first-order chi connectivity index (χ1) is 9.83. The average Bonchev–Trinajstić information content (AvgIpc) is 2.42. The lowest BCUT2D eigenvalue weighted by molar-refractivity contribution is 0.403. The summed E-state index contributed by atoms with van der Waals surface area (Å²) in [5.74, 6) is -2.15. The van der Waals surface area contributed by atoms with E-state index >= 15 is 0 Å². The first-order valence-corrected chi connectivity index (χ1v) is 7.51. The molecule has 0 bridgehead atoms. The van der Waals surface area contributed by atoms with E-state index in [4.69, 9.17) is 16.3 Å². The van der Waals surface area contributed by atoms with Crippen LogP contribution in [0.3, 0.4) is 0 Å². The van der Waals surface area contributed by atoms with Gasteiger partial charge in [-0.25, -0.2) is 17.2 Å². The van der Waals surface area contributed by atoms with Gasteiger partial charge in [0.05, 0.1) is 12.8 Å². The minimum atomic E-state index is -4.06. The van der Waals surface area contributed by atoms with Crippen LogP contribution in [0.15, 0.2) is 41.3 Å². The summed E-state index contributed by atoms with van der Waals surface area (Å²) in [6.45, 7) is 0. The molecule has 112 valence electrons. The molecule has 0 aliphatic carbocycles. The molecule has 2 aromatic carbocycles. The zero-order chi connectivity index (χ0) is 15.6. The van der Waals surface area contributed by atoms with Crippen molar-refractivity contribution in [2.75, 3.05) is 11.8 Å². The van der Waals surface area contributed by atoms with E-state index in [0.29, 0.717) is 0 Å². The predicted molar refractivity (Wildman–Crippen MR) is 75.2 cm³/mol. The van der Waals surface area contributed by atoms with E-state index < -0.39 is 21.7 Å². The molecule has 0 unspecified atom stereocenters. The molecule has 0 aliphatic rings. The molecule has 0 heterocycles. The summed E-state index contributed by atoms with van der Waals surface area (Å²) in [6, 6.07) is 6.72. The van der Waals surface area contributed by atoms with E-state index in [0.717, 1.165) is 18.2 Å². The lowest BCUT2D eigenvalue weighted by atomic mass is 10.3. The quantitative estimate of drug-likeness (QED) is 0.932. The van der Waals surface area contributed by atoms with Gasteiger partial charge in [-0.2, -0.15) is 0 Å². The molecule has 0 atom stereocenters. The number of sulfonamides is 1. The lowest BCUT2D eigenvalue weighted by Crippen LogP contribution is -2.14. The zero-order valence-electron chi connectivity index (χ0n) is 10.7. The van der Waals surface area contributed by atoms with Crippen molar-refractivity contribution in [1.82, 2.24) is 0 Å². The highest BCUT2D eigenvalue weighted by molar-refractivity contribution is 7.92. The summed E-state index contributed by atoms with van der Waals surface area (Å²) in [5, 5.41) is 0.196. The van der Waals surface area contributed by atoms with Gasteiger partial charge in [-0.05, 0) is 30.3 Å². The second kappa shape index (κ2) is 5.87. The fraction of sp³-hybridized carbons (Fsp3) is 0.0769. The Morgan fingerprint density at radius 2 is 1.81 bits per heavy atom. The largest absolute Gasteiger partial charge is 0.495 e. The van der Waals surface area contributed by atoms with Crippen LogP contribution in [0.25, 0.3) is 0 Å². The highest BCUT2D eigenvalue weighted by Gasteiger charge is 2.20. The molecule has 0 fully saturated rings. The van der Waals surface area contributed by atoms with E-state index in [1.54, 1.807) is 0 Å². The predicted octanol–water partition coefficient (Wildman–Crippen LogP) is 3.43.